The van der Waals surface area contributed by atoms with E-state index in [1.807, 2.05) is 19.9 Å². The number of primary amides is 1. The van der Waals surface area contributed by atoms with Crippen molar-refractivity contribution in [2.45, 2.75) is 79.8 Å². The van der Waals surface area contributed by atoms with Crippen LogP contribution in [0.25, 0.3) is 22.1 Å². The number of amides is 4. The molecule has 0 bridgehead atoms. The molecule has 332 valence electrons. The van der Waals surface area contributed by atoms with Gasteiger partial charge in [0.1, 0.15) is 22.5 Å². The van der Waals surface area contributed by atoms with Gasteiger partial charge in [0, 0.05) is 65.0 Å². The molecule has 0 aliphatic rings. The monoisotopic (exact) mass is 865 g/mol. The van der Waals surface area contributed by atoms with E-state index >= 15 is 0 Å². The van der Waals surface area contributed by atoms with Crippen molar-refractivity contribution in [2.24, 2.45) is 5.73 Å². The first-order valence-corrected chi connectivity index (χ1v) is 20.4. The lowest BCUT2D eigenvalue weighted by molar-refractivity contribution is -0.132. The van der Waals surface area contributed by atoms with Crippen LogP contribution in [-0.4, -0.2) is 91.3 Å². The Kier molecular flexibility index (Phi) is 14.0. The highest BCUT2D eigenvalue weighted by Crippen LogP contribution is 2.34. The summed E-state index contributed by atoms with van der Waals surface area (Å²) in [5.41, 5.74) is 11.6. The summed E-state index contributed by atoms with van der Waals surface area (Å²) in [4.78, 5) is 83.2. The fraction of sp³-hybridized carbons (Fsp3) is 0.372. The van der Waals surface area contributed by atoms with Gasteiger partial charge in [0.05, 0.1) is 36.1 Å². The van der Waals surface area contributed by atoms with Crippen LogP contribution in [0.15, 0.2) is 45.3 Å². The topological polar surface area (TPSA) is 257 Å². The number of Topliss-reactive ketones (excluding diaryl/α,β-unsaturated/α-hetero) is 1. The van der Waals surface area contributed by atoms with Gasteiger partial charge in [-0.3, -0.25) is 39.6 Å². The van der Waals surface area contributed by atoms with Gasteiger partial charge in [0.25, 0.3) is 11.8 Å². The van der Waals surface area contributed by atoms with E-state index in [2.05, 4.69) is 26.0 Å². The van der Waals surface area contributed by atoms with Crippen LogP contribution in [0.3, 0.4) is 0 Å². The third kappa shape index (κ3) is 9.75. The molecule has 0 aliphatic heterocycles. The molecule has 0 radical (unpaired) electrons. The molecule has 4 aromatic heterocycles. The Balaban J connectivity index is 1.40. The molecule has 6 aromatic rings. The summed E-state index contributed by atoms with van der Waals surface area (Å²) >= 11 is 0. The van der Waals surface area contributed by atoms with Crippen molar-refractivity contribution in [2.75, 3.05) is 38.4 Å². The standard InChI is InChI=1S/C43H51N11O9/c1-9-27-37(62-23(4)46-27)40(58)50-42-48-29-19-25(31(55)11-3)21-32(60-8)35(29)53(42)16-12-13-17-54-36-30(49-43(54)51-41(59)38-28(10-2)47-24(5)63-38)20-26(39(44)57)22-33(36)61-18-14-15-34(56)52(7)45-6/h12-13,19-22,45H,9-11,14-18H2,1-8H3,(H2,44,57)(H,48,50,58)(H,49,51,59)/b13-12+. The molecule has 63 heavy (non-hydrogen) atoms. The minimum absolute atomic E-state index is 0.0282. The number of allylic oxidation sites excluding steroid dienone is 2. The first-order chi connectivity index (χ1) is 30.2. The lowest BCUT2D eigenvalue weighted by Crippen LogP contribution is -2.36. The second-order valence-electron chi connectivity index (χ2n) is 14.4. The molecule has 0 spiro atoms. The minimum Gasteiger partial charge on any atom is -0.494 e. The maximum atomic E-state index is 13.7. The molecule has 0 fully saturated rings. The first kappa shape index (κ1) is 45.2. The summed E-state index contributed by atoms with van der Waals surface area (Å²) in [7, 11) is 4.74. The van der Waals surface area contributed by atoms with Crippen LogP contribution in [0.2, 0.25) is 0 Å². The number of hydrogen-bond acceptors (Lipinski definition) is 14. The van der Waals surface area contributed by atoms with E-state index in [4.69, 9.17) is 34.0 Å². The summed E-state index contributed by atoms with van der Waals surface area (Å²) in [6.07, 6.45) is 5.31. The number of carbonyl (C=O) groups is 5. The van der Waals surface area contributed by atoms with Crippen LogP contribution in [0.1, 0.15) is 105 Å². The van der Waals surface area contributed by atoms with Crippen molar-refractivity contribution >= 4 is 63.4 Å². The van der Waals surface area contributed by atoms with E-state index in [0.29, 0.717) is 75.8 Å². The molecular formula is C43H51N11O9. The molecule has 5 N–H and O–H groups in total. The van der Waals surface area contributed by atoms with Crippen molar-refractivity contribution < 1.29 is 42.3 Å². The number of hydrogen-bond donors (Lipinski definition) is 4. The smallest absolute Gasteiger partial charge is 0.295 e. The number of oxazole rings is 2. The number of ketones is 1. The Hall–Kier alpha value is -7.35. The van der Waals surface area contributed by atoms with Crippen LogP contribution in [0, 0.1) is 13.8 Å². The van der Waals surface area contributed by atoms with Gasteiger partial charge < -0.3 is 33.2 Å². The average molecular weight is 866 g/mol. The minimum atomic E-state index is -0.723. The molecule has 0 saturated carbocycles. The molecule has 2 aromatic carbocycles. The Labute approximate surface area is 362 Å². The molecule has 20 nitrogen and oxygen atoms in total. The highest BCUT2D eigenvalue weighted by molar-refractivity contribution is 6.05. The van der Waals surface area contributed by atoms with E-state index in [-0.39, 0.29) is 79.0 Å². The van der Waals surface area contributed by atoms with Crippen LogP contribution in [-0.2, 0) is 30.7 Å². The third-order valence-corrected chi connectivity index (χ3v) is 10.1. The number of ether oxygens (including phenoxy) is 2. The number of nitrogens with one attached hydrogen (secondary N) is 3. The van der Waals surface area contributed by atoms with Crippen LogP contribution >= 0.6 is 0 Å². The second kappa shape index (κ2) is 19.6. The van der Waals surface area contributed by atoms with Gasteiger partial charge >= 0.3 is 0 Å². The summed E-state index contributed by atoms with van der Waals surface area (Å²) in [6, 6.07) is 6.28. The van der Waals surface area contributed by atoms with Crippen molar-refractivity contribution in [3.63, 3.8) is 0 Å². The normalized spacial score (nSPS) is 11.4. The number of rotatable bonds is 20. The van der Waals surface area contributed by atoms with Crippen LogP contribution < -0.4 is 31.3 Å². The van der Waals surface area contributed by atoms with Crippen molar-refractivity contribution in [1.29, 1.82) is 0 Å². The number of aromatic nitrogens is 6. The van der Waals surface area contributed by atoms with Crippen molar-refractivity contribution in [3.05, 3.63) is 82.2 Å². The summed E-state index contributed by atoms with van der Waals surface area (Å²) in [6.45, 7) is 9.11. The van der Waals surface area contributed by atoms with Gasteiger partial charge in [0.2, 0.25) is 35.2 Å². The number of nitrogens with zero attached hydrogens (tertiary/aromatic N) is 7. The second-order valence-corrected chi connectivity index (χ2v) is 14.4. The molecule has 0 aliphatic carbocycles. The lowest BCUT2D eigenvalue weighted by Gasteiger charge is -2.15. The molecular weight excluding hydrogens is 815 g/mol. The highest BCUT2D eigenvalue weighted by Gasteiger charge is 2.25. The van der Waals surface area contributed by atoms with Gasteiger partial charge in [-0.2, -0.15) is 0 Å². The molecule has 4 heterocycles. The Morgan fingerprint density at radius 3 is 1.76 bits per heavy atom. The SMILES string of the molecule is CCC(=O)c1cc(OC)c2c(c1)nc(NC(=O)c1oc(C)nc1CC)n2C/C=C/Cn1c(NC(=O)c2oc(C)nc2CC)nc2cc(C(N)=O)cc(OCCCC(=O)N(C)NC)c21. The quantitative estimate of drug-likeness (QED) is 0.0328. The van der Waals surface area contributed by atoms with Gasteiger partial charge in [-0.15, -0.1) is 0 Å². The fourth-order valence-corrected chi connectivity index (χ4v) is 6.93. The number of benzene rings is 2. The third-order valence-electron chi connectivity index (χ3n) is 10.1. The predicted octanol–water partition coefficient (Wildman–Crippen LogP) is 5.32. The summed E-state index contributed by atoms with van der Waals surface area (Å²) in [5, 5.41) is 7.08. The zero-order valence-electron chi connectivity index (χ0n) is 36.5. The van der Waals surface area contributed by atoms with E-state index in [1.54, 1.807) is 62.2 Å². The van der Waals surface area contributed by atoms with E-state index in [9.17, 15) is 24.0 Å². The van der Waals surface area contributed by atoms with Gasteiger partial charge in [-0.1, -0.05) is 32.9 Å². The van der Waals surface area contributed by atoms with Gasteiger partial charge in [-0.25, -0.2) is 25.4 Å². The predicted molar refractivity (Wildman–Crippen MR) is 232 cm³/mol. The molecule has 6 rings (SSSR count). The van der Waals surface area contributed by atoms with Gasteiger partial charge in [0.15, 0.2) is 17.6 Å². The Morgan fingerprint density at radius 1 is 0.778 bits per heavy atom. The number of carbonyl (C=O) groups excluding carboxylic acids is 5. The highest BCUT2D eigenvalue weighted by atomic mass is 16.5. The zero-order chi connectivity index (χ0) is 45.5. The number of aryl methyl sites for hydroxylation is 4. The molecule has 0 unspecified atom stereocenters. The van der Waals surface area contributed by atoms with Crippen molar-refractivity contribution in [1.82, 2.24) is 39.5 Å². The van der Waals surface area contributed by atoms with Crippen LogP contribution in [0.4, 0.5) is 11.9 Å². The molecule has 4 amide bonds. The number of fused-ring (bicyclic) bond motifs is 2. The Bertz CT molecular complexity index is 2740. The maximum absolute atomic E-state index is 13.7. The largest absolute Gasteiger partial charge is 0.494 e. The number of hydrazine groups is 1. The molecule has 20 heteroatoms. The lowest BCUT2D eigenvalue weighted by atomic mass is 10.1. The number of methoxy groups -OCH3 is 1. The maximum Gasteiger partial charge on any atom is 0.295 e. The average Bonchev–Trinajstić information content (AvgIpc) is 4.04. The molecule has 0 atom stereocenters. The first-order valence-electron chi connectivity index (χ1n) is 20.4. The number of imidazole rings is 2. The number of nitrogens with two attached hydrogens (primary N) is 1. The number of anilines is 2. The van der Waals surface area contributed by atoms with Crippen molar-refractivity contribution in [3.8, 4) is 11.5 Å². The Morgan fingerprint density at radius 2 is 1.29 bits per heavy atom. The van der Waals surface area contributed by atoms with E-state index in [0.717, 1.165) is 0 Å². The van der Waals surface area contributed by atoms with E-state index < -0.39 is 17.7 Å². The summed E-state index contributed by atoms with van der Waals surface area (Å²) < 4.78 is 26.7. The fourth-order valence-electron chi connectivity index (χ4n) is 6.93. The zero-order valence-corrected chi connectivity index (χ0v) is 36.5. The van der Waals surface area contributed by atoms with E-state index in [1.165, 1.54) is 24.3 Å². The summed E-state index contributed by atoms with van der Waals surface area (Å²) in [5.74, 6) is -0.534. The molecule has 0 saturated heterocycles. The van der Waals surface area contributed by atoms with Gasteiger partial charge in [-0.05, 0) is 43.5 Å². The van der Waals surface area contributed by atoms with Crippen LogP contribution in [0.5, 0.6) is 11.5 Å².